The second-order valence-corrected chi connectivity index (χ2v) is 15.8. The van der Waals surface area contributed by atoms with Crippen molar-refractivity contribution in [3.63, 3.8) is 0 Å². The normalized spacial score (nSPS) is 15.5. The Balaban J connectivity index is 0.00000898. The maximum Gasteiger partial charge on any atom is 0.488 e. The van der Waals surface area contributed by atoms with Crippen LogP contribution in [0.3, 0.4) is 0 Å². The minimum Gasteiger partial charge on any atom is -0.480 e. The van der Waals surface area contributed by atoms with Crippen molar-refractivity contribution in [2.24, 2.45) is 0 Å². The first-order valence-electron chi connectivity index (χ1n) is 20.7. The standard InChI is InChI=1S/C43H57BN8O11.Eu/c1-46(40(54)27-48-14-16-49(28-41(55)56)18-20-51(30-43(59)60)21-19-50(17-15-48)29-42(57)58)24-31-12-13-37-35(22-31)33-9-5-4-8-32(33)25-52(37)26-39(53)45-23-38(47(2)63-3)34-10-6-7-11-36(34)44(61)62;/h4-13,22,25,38,61-62H,14-21,23-24,26-30H2,1-3H3,(H3-,45,53,55,56,57,58,59,60);/p+1. The average molecular weight is 1030 g/mol. The number of carbonyl (C=O) groups is 5. The zero-order valence-corrected chi connectivity index (χ0v) is 38.8. The van der Waals surface area contributed by atoms with Gasteiger partial charge in [-0.25, -0.2) is 0 Å². The molecule has 1 radical (unpaired) electrons. The third-order valence-corrected chi connectivity index (χ3v) is 11.3. The number of pyridine rings is 1. The number of rotatable bonds is 18. The van der Waals surface area contributed by atoms with Gasteiger partial charge >= 0.3 is 25.0 Å². The van der Waals surface area contributed by atoms with Crippen LogP contribution in [0.15, 0.2) is 72.9 Å². The number of hydrogen-bond acceptors (Lipinski definition) is 13. The van der Waals surface area contributed by atoms with E-state index in [1.54, 1.807) is 58.0 Å². The molecular formula is C43H58BEuN8O11+. The molecule has 345 valence electrons. The molecule has 4 aromatic rings. The van der Waals surface area contributed by atoms with Crippen molar-refractivity contribution in [2.75, 3.05) is 106 Å². The van der Waals surface area contributed by atoms with Crippen LogP contribution in [0.5, 0.6) is 0 Å². The van der Waals surface area contributed by atoms with Crippen LogP contribution in [0.1, 0.15) is 17.2 Å². The van der Waals surface area contributed by atoms with E-state index >= 15 is 0 Å². The van der Waals surface area contributed by atoms with Gasteiger partial charge in [-0.1, -0.05) is 48.5 Å². The monoisotopic (exact) mass is 1030 g/mol. The predicted octanol–water partition coefficient (Wildman–Crippen LogP) is -1.26. The number of fused-ring (bicyclic) bond motifs is 3. The average Bonchev–Trinajstić information content (AvgIpc) is 3.24. The van der Waals surface area contributed by atoms with E-state index in [4.69, 9.17) is 4.84 Å². The van der Waals surface area contributed by atoms with Crippen molar-refractivity contribution in [1.29, 1.82) is 0 Å². The van der Waals surface area contributed by atoms with Crippen LogP contribution in [0.25, 0.3) is 21.7 Å². The molecule has 3 aromatic carbocycles. The van der Waals surface area contributed by atoms with Gasteiger partial charge in [-0.2, -0.15) is 9.63 Å². The van der Waals surface area contributed by atoms with E-state index in [0.717, 1.165) is 27.2 Å². The Hall–Kier alpha value is -3.99. The van der Waals surface area contributed by atoms with Gasteiger partial charge in [0.1, 0.15) is 0 Å². The number of nitrogens with one attached hydrogen (secondary N) is 1. The number of nitrogens with zero attached hydrogens (tertiary/aromatic N) is 7. The van der Waals surface area contributed by atoms with Crippen LogP contribution >= 0.6 is 0 Å². The second kappa shape index (κ2) is 25.6. The van der Waals surface area contributed by atoms with Crippen LogP contribution < -0.4 is 15.3 Å². The van der Waals surface area contributed by atoms with Crippen LogP contribution in [0, 0.1) is 49.4 Å². The van der Waals surface area contributed by atoms with Crippen LogP contribution in [0.2, 0.25) is 0 Å². The van der Waals surface area contributed by atoms with Crippen molar-refractivity contribution < 1.29 is 108 Å². The molecule has 64 heavy (non-hydrogen) atoms. The van der Waals surface area contributed by atoms with E-state index in [1.807, 2.05) is 58.1 Å². The SMILES string of the molecule is CON(C)C(CNC(=O)C[n+]1cc2ccccc2c2cc(CN(C)C(=O)CN3CCN(CC(=O)O)CCN(CC(=O)O)CCN(CC(=O)O)CC3)ccc21)c1ccccc1B(O)O.[Eu]. The van der Waals surface area contributed by atoms with E-state index in [-0.39, 0.29) is 133 Å². The molecule has 0 spiro atoms. The molecule has 1 fully saturated rings. The summed E-state index contributed by atoms with van der Waals surface area (Å²) in [6.07, 6.45) is 1.92. The Morgan fingerprint density at radius 3 is 1.78 bits per heavy atom. The number of aliphatic carboxylic acids is 3. The number of benzene rings is 3. The van der Waals surface area contributed by atoms with Crippen molar-refractivity contribution >= 4 is 64.0 Å². The van der Waals surface area contributed by atoms with Gasteiger partial charge in [0.25, 0.3) is 5.91 Å². The first-order valence-corrected chi connectivity index (χ1v) is 20.7. The summed E-state index contributed by atoms with van der Waals surface area (Å²) < 4.78 is 1.87. The molecule has 1 aromatic heterocycles. The Labute approximate surface area is 413 Å². The summed E-state index contributed by atoms with van der Waals surface area (Å²) in [5.74, 6) is -3.55. The second-order valence-electron chi connectivity index (χ2n) is 15.8. The Morgan fingerprint density at radius 1 is 0.734 bits per heavy atom. The number of likely N-dealkylation sites (N-methyl/N-ethyl adjacent to an activating group) is 2. The summed E-state index contributed by atoms with van der Waals surface area (Å²) in [7, 11) is 3.18. The van der Waals surface area contributed by atoms with Gasteiger partial charge in [-0.3, -0.25) is 43.6 Å². The minimum atomic E-state index is -1.71. The van der Waals surface area contributed by atoms with E-state index in [1.165, 1.54) is 12.2 Å². The molecule has 21 heteroatoms. The first-order chi connectivity index (χ1) is 30.1. The largest absolute Gasteiger partial charge is 0.488 e. The topological polar surface area (TPSA) is 231 Å². The van der Waals surface area contributed by atoms with Gasteiger partial charge in [0.15, 0.2) is 6.20 Å². The molecule has 6 N–H and O–H groups in total. The first kappa shape index (κ1) is 52.6. The van der Waals surface area contributed by atoms with Gasteiger partial charge in [-0.15, -0.1) is 0 Å². The number of carbonyl (C=O) groups excluding carboxylic acids is 2. The summed E-state index contributed by atoms with van der Waals surface area (Å²) in [5, 5.41) is 55.9. The van der Waals surface area contributed by atoms with Crippen LogP contribution in [0.4, 0.5) is 0 Å². The molecule has 1 unspecified atom stereocenters. The van der Waals surface area contributed by atoms with Crippen molar-refractivity contribution in [1.82, 2.24) is 34.9 Å². The van der Waals surface area contributed by atoms with Crippen LogP contribution in [-0.2, 0) is 41.9 Å². The van der Waals surface area contributed by atoms with Gasteiger partial charge in [-0.05, 0) is 28.7 Å². The molecule has 2 heterocycles. The number of amides is 2. The van der Waals surface area contributed by atoms with Gasteiger partial charge in [0.05, 0.1) is 44.7 Å². The molecule has 1 atom stereocenters. The van der Waals surface area contributed by atoms with Gasteiger partial charge in [0, 0.05) is 146 Å². The number of carboxylic acids is 3. The van der Waals surface area contributed by atoms with Gasteiger partial charge in [0.2, 0.25) is 18.0 Å². The quantitative estimate of drug-likeness (QED) is 0.0296. The third-order valence-electron chi connectivity index (χ3n) is 11.3. The molecule has 0 aliphatic carbocycles. The van der Waals surface area contributed by atoms with E-state index in [9.17, 15) is 49.3 Å². The molecule has 1 saturated heterocycles. The fourth-order valence-corrected chi connectivity index (χ4v) is 7.86. The minimum absolute atomic E-state index is 0. The summed E-state index contributed by atoms with van der Waals surface area (Å²) in [6, 6.07) is 20.0. The number of carboxylic acid groups (broad SMARTS) is 3. The third kappa shape index (κ3) is 15.6. The van der Waals surface area contributed by atoms with Crippen molar-refractivity contribution in [2.45, 2.75) is 19.1 Å². The maximum absolute atomic E-state index is 13.8. The predicted molar refractivity (Wildman–Crippen MR) is 234 cm³/mol. The van der Waals surface area contributed by atoms with Crippen LogP contribution in [-0.4, -0.2) is 198 Å². The van der Waals surface area contributed by atoms with E-state index in [2.05, 4.69) is 5.32 Å². The fraction of sp³-hybridized carbons (Fsp3) is 0.442. The van der Waals surface area contributed by atoms with Gasteiger partial charge < -0.3 is 40.4 Å². The van der Waals surface area contributed by atoms with E-state index < -0.39 is 31.1 Å². The summed E-state index contributed by atoms with van der Waals surface area (Å²) in [5.41, 5.74) is 2.53. The Morgan fingerprint density at radius 2 is 1.25 bits per heavy atom. The molecule has 2 amide bonds. The molecule has 5 rings (SSSR count). The summed E-state index contributed by atoms with van der Waals surface area (Å²) in [4.78, 5) is 76.4. The molecular weight excluding hydrogens is 967 g/mol. The zero-order valence-electron chi connectivity index (χ0n) is 36.4. The number of aromatic nitrogens is 1. The summed E-state index contributed by atoms with van der Waals surface area (Å²) >= 11 is 0. The zero-order chi connectivity index (χ0) is 45.6. The molecule has 0 saturated carbocycles. The Kier molecular flexibility index (Phi) is 21.1. The smallest absolute Gasteiger partial charge is 0.480 e. The number of hydrogen-bond donors (Lipinski definition) is 6. The van der Waals surface area contributed by atoms with Crippen molar-refractivity contribution in [3.05, 3.63) is 84.1 Å². The molecule has 1 aliphatic heterocycles. The maximum atomic E-state index is 13.8. The molecule has 1 aliphatic rings. The van der Waals surface area contributed by atoms with Crippen molar-refractivity contribution in [3.8, 4) is 0 Å². The summed E-state index contributed by atoms with van der Waals surface area (Å²) in [6.45, 7) is 1.95. The Bertz CT molecular complexity index is 2210. The molecule has 0 bridgehead atoms. The number of hydroxylamine groups is 2. The fourth-order valence-electron chi connectivity index (χ4n) is 7.86. The molecule has 19 nitrogen and oxygen atoms in total. The van der Waals surface area contributed by atoms with E-state index in [0.29, 0.717) is 37.2 Å².